The van der Waals surface area contributed by atoms with E-state index in [1.807, 2.05) is 20.8 Å². The fraction of sp³-hybridized carbons (Fsp3) is 0.786. The highest BCUT2D eigenvalue weighted by molar-refractivity contribution is 5.83. The first kappa shape index (κ1) is 12.6. The summed E-state index contributed by atoms with van der Waals surface area (Å²) in [5, 5.41) is 0. The van der Waals surface area contributed by atoms with Crippen LogP contribution in [0.25, 0.3) is 0 Å². The third-order valence-electron chi connectivity index (χ3n) is 3.23. The van der Waals surface area contributed by atoms with Gasteiger partial charge in [0.2, 0.25) is 0 Å². The summed E-state index contributed by atoms with van der Waals surface area (Å²) in [6, 6.07) is 0.845. The molecule has 0 unspecified atom stereocenters. The van der Waals surface area contributed by atoms with E-state index < -0.39 is 0 Å². The van der Waals surface area contributed by atoms with Crippen LogP contribution >= 0.6 is 0 Å². The molecule has 17 heavy (non-hydrogen) atoms. The van der Waals surface area contributed by atoms with Gasteiger partial charge in [0.1, 0.15) is 5.60 Å². The Hall–Kier alpha value is -0.830. The number of carbonyl (C=O) groups excluding carboxylic acids is 1. The molecule has 3 nitrogen and oxygen atoms in total. The Morgan fingerprint density at radius 1 is 1.29 bits per heavy atom. The van der Waals surface area contributed by atoms with Crippen molar-refractivity contribution in [3.8, 4) is 0 Å². The van der Waals surface area contributed by atoms with Crippen LogP contribution in [0.5, 0.6) is 0 Å². The topological polar surface area (TPSA) is 29.5 Å². The van der Waals surface area contributed by atoms with Gasteiger partial charge in [-0.05, 0) is 46.5 Å². The summed E-state index contributed by atoms with van der Waals surface area (Å²) in [7, 11) is 0. The number of carbonyl (C=O) groups is 1. The van der Waals surface area contributed by atoms with Crippen LogP contribution in [0.2, 0.25) is 0 Å². The van der Waals surface area contributed by atoms with Crippen LogP contribution < -0.4 is 0 Å². The Kier molecular flexibility index (Phi) is 3.57. The summed E-state index contributed by atoms with van der Waals surface area (Å²) < 4.78 is 5.30. The Morgan fingerprint density at radius 2 is 1.88 bits per heavy atom. The minimum Gasteiger partial charge on any atom is -0.457 e. The van der Waals surface area contributed by atoms with Gasteiger partial charge in [-0.15, -0.1) is 0 Å². The maximum absolute atomic E-state index is 11.6. The van der Waals surface area contributed by atoms with Gasteiger partial charge in [0.15, 0.2) is 0 Å². The van der Waals surface area contributed by atoms with Crippen LogP contribution in [0, 0.1) is 0 Å². The highest BCUT2D eigenvalue weighted by Crippen LogP contribution is 2.30. The summed E-state index contributed by atoms with van der Waals surface area (Å²) >= 11 is 0. The third-order valence-corrected chi connectivity index (χ3v) is 3.23. The molecule has 2 rings (SSSR count). The van der Waals surface area contributed by atoms with Gasteiger partial charge in [-0.2, -0.15) is 0 Å². The van der Waals surface area contributed by atoms with Crippen molar-refractivity contribution in [3.05, 3.63) is 11.6 Å². The predicted octanol–water partition coefficient (Wildman–Crippen LogP) is 2.51. The second-order valence-electron chi connectivity index (χ2n) is 6.10. The largest absolute Gasteiger partial charge is 0.457 e. The summed E-state index contributed by atoms with van der Waals surface area (Å²) in [6.45, 7) is 7.93. The lowest BCUT2D eigenvalue weighted by Crippen LogP contribution is -2.33. The van der Waals surface area contributed by atoms with Gasteiger partial charge >= 0.3 is 5.97 Å². The average molecular weight is 237 g/mol. The predicted molar refractivity (Wildman–Crippen MR) is 67.8 cm³/mol. The lowest BCUT2D eigenvalue weighted by molar-refractivity contribution is -0.148. The van der Waals surface area contributed by atoms with Crippen LogP contribution in [0.4, 0.5) is 0 Å². The van der Waals surface area contributed by atoms with Crippen molar-refractivity contribution in [2.45, 2.75) is 58.1 Å². The molecule has 2 aliphatic rings. The summed E-state index contributed by atoms with van der Waals surface area (Å²) in [4.78, 5) is 14.2. The van der Waals surface area contributed by atoms with Gasteiger partial charge in [0, 0.05) is 25.2 Å². The maximum atomic E-state index is 11.6. The Balaban J connectivity index is 1.80. The van der Waals surface area contributed by atoms with E-state index in [0.29, 0.717) is 0 Å². The zero-order valence-corrected chi connectivity index (χ0v) is 11.2. The first-order valence-electron chi connectivity index (χ1n) is 6.60. The molecule has 0 spiro atoms. The lowest BCUT2D eigenvalue weighted by Gasteiger charge is -2.28. The van der Waals surface area contributed by atoms with Gasteiger partial charge in [0.25, 0.3) is 0 Å². The molecule has 1 aliphatic heterocycles. The van der Waals surface area contributed by atoms with Crippen molar-refractivity contribution in [1.82, 2.24) is 4.90 Å². The van der Waals surface area contributed by atoms with Gasteiger partial charge in [0.05, 0.1) is 0 Å². The van der Waals surface area contributed by atoms with E-state index in [2.05, 4.69) is 4.90 Å². The van der Waals surface area contributed by atoms with Crippen molar-refractivity contribution in [3.63, 3.8) is 0 Å². The van der Waals surface area contributed by atoms with Crippen molar-refractivity contribution < 1.29 is 9.53 Å². The van der Waals surface area contributed by atoms with E-state index in [4.69, 9.17) is 4.74 Å². The van der Waals surface area contributed by atoms with Crippen molar-refractivity contribution >= 4 is 5.97 Å². The van der Waals surface area contributed by atoms with Crippen LogP contribution in [-0.4, -0.2) is 35.6 Å². The highest BCUT2D eigenvalue weighted by Gasteiger charge is 2.30. The minimum atomic E-state index is -0.386. The molecule has 0 aromatic rings. The fourth-order valence-corrected chi connectivity index (χ4v) is 2.26. The zero-order chi connectivity index (χ0) is 12.5. The average Bonchev–Trinajstić information content (AvgIpc) is 2.99. The molecule has 1 saturated heterocycles. The minimum absolute atomic E-state index is 0.188. The van der Waals surface area contributed by atoms with Crippen molar-refractivity contribution in [1.29, 1.82) is 0 Å². The molecule has 0 N–H and O–H groups in total. The Morgan fingerprint density at radius 3 is 2.35 bits per heavy atom. The molecule has 0 bridgehead atoms. The monoisotopic (exact) mass is 237 g/mol. The molecule has 1 heterocycles. The van der Waals surface area contributed by atoms with Crippen molar-refractivity contribution in [2.75, 3.05) is 13.1 Å². The quantitative estimate of drug-likeness (QED) is 0.546. The molecule has 0 radical (unpaired) electrons. The second kappa shape index (κ2) is 4.81. The maximum Gasteiger partial charge on any atom is 0.331 e. The van der Waals surface area contributed by atoms with Crippen LogP contribution in [0.1, 0.15) is 46.5 Å². The van der Waals surface area contributed by atoms with Crippen LogP contribution in [0.15, 0.2) is 11.6 Å². The molecule has 0 atom stereocenters. The zero-order valence-electron chi connectivity index (χ0n) is 11.2. The molecule has 2 fully saturated rings. The number of hydrogen-bond acceptors (Lipinski definition) is 3. The SMILES string of the molecule is CC(C)(C)OC(=O)C=C1CCN(C2CC2)CC1. The van der Waals surface area contributed by atoms with E-state index in [1.54, 1.807) is 6.08 Å². The number of esters is 1. The molecular weight excluding hydrogens is 214 g/mol. The second-order valence-corrected chi connectivity index (χ2v) is 6.10. The highest BCUT2D eigenvalue weighted by atomic mass is 16.6. The Bertz CT molecular complexity index is 314. The molecule has 0 amide bonds. The standard InChI is InChI=1S/C14H23NO2/c1-14(2,3)17-13(16)10-11-6-8-15(9-7-11)12-4-5-12/h10,12H,4-9H2,1-3H3. The van der Waals surface area contributed by atoms with Crippen molar-refractivity contribution in [2.24, 2.45) is 0 Å². The van der Waals surface area contributed by atoms with Crippen LogP contribution in [0.3, 0.4) is 0 Å². The molecule has 96 valence electrons. The smallest absolute Gasteiger partial charge is 0.331 e. The number of likely N-dealkylation sites (tertiary alicyclic amines) is 1. The summed E-state index contributed by atoms with van der Waals surface area (Å²) in [6.07, 6.45) is 6.48. The number of ether oxygens (including phenoxy) is 1. The molecule has 3 heteroatoms. The summed E-state index contributed by atoms with van der Waals surface area (Å²) in [5.41, 5.74) is 0.860. The van der Waals surface area contributed by atoms with Gasteiger partial charge in [-0.3, -0.25) is 4.90 Å². The molecule has 0 aromatic heterocycles. The molecular formula is C14H23NO2. The van der Waals surface area contributed by atoms with Gasteiger partial charge in [-0.1, -0.05) is 5.57 Å². The number of rotatable bonds is 2. The third kappa shape index (κ3) is 4.15. The van der Waals surface area contributed by atoms with Gasteiger partial charge < -0.3 is 4.74 Å². The molecule has 1 aliphatic carbocycles. The van der Waals surface area contributed by atoms with E-state index >= 15 is 0 Å². The molecule has 0 aromatic carbocycles. The molecule has 1 saturated carbocycles. The van der Waals surface area contributed by atoms with E-state index in [9.17, 15) is 4.79 Å². The fourth-order valence-electron chi connectivity index (χ4n) is 2.26. The number of piperidine rings is 1. The lowest BCUT2D eigenvalue weighted by atomic mass is 10.0. The first-order chi connectivity index (χ1) is 7.94. The first-order valence-corrected chi connectivity index (χ1v) is 6.60. The number of hydrogen-bond donors (Lipinski definition) is 0. The van der Waals surface area contributed by atoms with E-state index in [1.165, 1.54) is 18.4 Å². The number of nitrogens with zero attached hydrogens (tertiary/aromatic N) is 1. The van der Waals surface area contributed by atoms with Gasteiger partial charge in [-0.25, -0.2) is 4.79 Å². The summed E-state index contributed by atoms with van der Waals surface area (Å²) in [5.74, 6) is -0.188. The Labute approximate surface area is 104 Å². The van der Waals surface area contributed by atoms with Crippen LogP contribution in [-0.2, 0) is 9.53 Å². The van der Waals surface area contributed by atoms with E-state index in [0.717, 1.165) is 32.0 Å². The normalized spacial score (nSPS) is 22.4. The van der Waals surface area contributed by atoms with E-state index in [-0.39, 0.29) is 11.6 Å².